The highest BCUT2D eigenvalue weighted by atomic mass is 15.3. The number of aromatic nitrogens is 3. The normalized spacial score (nSPS) is 24.4. The van der Waals surface area contributed by atoms with E-state index in [2.05, 4.69) is 31.9 Å². The Morgan fingerprint density at radius 2 is 2.16 bits per heavy atom. The molecule has 2 aliphatic rings. The first-order valence-corrected chi connectivity index (χ1v) is 7.73. The van der Waals surface area contributed by atoms with E-state index in [0.29, 0.717) is 6.04 Å². The highest BCUT2D eigenvalue weighted by Crippen LogP contribution is 2.17. The van der Waals surface area contributed by atoms with Gasteiger partial charge in [-0.1, -0.05) is 6.92 Å². The van der Waals surface area contributed by atoms with Crippen molar-refractivity contribution in [3.8, 4) is 0 Å². The highest BCUT2D eigenvalue weighted by Gasteiger charge is 2.22. The number of hydrogen-bond donors (Lipinski definition) is 1. The SMILES string of the molecule is CCNC1CCCN(Cc2nnc3n2CCCC3)C1. The van der Waals surface area contributed by atoms with Crippen molar-refractivity contribution in [3.05, 3.63) is 11.6 Å². The summed E-state index contributed by atoms with van der Waals surface area (Å²) in [6.07, 6.45) is 6.25. The van der Waals surface area contributed by atoms with Crippen LogP contribution in [0.4, 0.5) is 0 Å². The highest BCUT2D eigenvalue weighted by molar-refractivity contribution is 4.99. The molecule has 2 aliphatic heterocycles. The smallest absolute Gasteiger partial charge is 0.147 e. The lowest BCUT2D eigenvalue weighted by atomic mass is 10.1. The monoisotopic (exact) mass is 263 g/mol. The molecule has 106 valence electrons. The van der Waals surface area contributed by atoms with Crippen LogP contribution in [0.5, 0.6) is 0 Å². The third-order valence-corrected chi connectivity index (χ3v) is 4.30. The summed E-state index contributed by atoms with van der Waals surface area (Å²) in [5.74, 6) is 2.37. The molecular formula is C14H25N5. The maximum atomic E-state index is 4.41. The van der Waals surface area contributed by atoms with E-state index in [9.17, 15) is 0 Å². The van der Waals surface area contributed by atoms with Gasteiger partial charge in [0.1, 0.15) is 11.6 Å². The molecule has 3 heterocycles. The van der Waals surface area contributed by atoms with Crippen LogP contribution < -0.4 is 5.32 Å². The number of nitrogens with zero attached hydrogens (tertiary/aromatic N) is 4. The molecule has 1 fully saturated rings. The number of rotatable bonds is 4. The van der Waals surface area contributed by atoms with Crippen LogP contribution in [0.3, 0.4) is 0 Å². The summed E-state index contributed by atoms with van der Waals surface area (Å²) in [6, 6.07) is 0.655. The van der Waals surface area contributed by atoms with Crippen molar-refractivity contribution < 1.29 is 0 Å². The van der Waals surface area contributed by atoms with Crippen LogP contribution in [0.1, 0.15) is 44.3 Å². The van der Waals surface area contributed by atoms with Crippen LogP contribution in [-0.2, 0) is 19.5 Å². The van der Waals surface area contributed by atoms with Gasteiger partial charge in [0.15, 0.2) is 0 Å². The molecule has 0 aliphatic carbocycles. The minimum atomic E-state index is 0.655. The van der Waals surface area contributed by atoms with Gasteiger partial charge in [-0.25, -0.2) is 0 Å². The Balaban J connectivity index is 1.63. The second-order valence-electron chi connectivity index (χ2n) is 5.77. The zero-order chi connectivity index (χ0) is 13.1. The van der Waals surface area contributed by atoms with Gasteiger partial charge in [-0.05, 0) is 38.8 Å². The van der Waals surface area contributed by atoms with Crippen molar-refractivity contribution in [2.24, 2.45) is 0 Å². The molecule has 5 nitrogen and oxygen atoms in total. The standard InChI is InChI=1S/C14H25N5/c1-2-15-12-6-5-8-18(10-12)11-14-17-16-13-7-3-4-9-19(13)14/h12,15H,2-11H2,1H3. The molecule has 0 spiro atoms. The average Bonchev–Trinajstić information content (AvgIpc) is 2.83. The lowest BCUT2D eigenvalue weighted by molar-refractivity contribution is 0.178. The van der Waals surface area contributed by atoms with Gasteiger partial charge < -0.3 is 9.88 Å². The van der Waals surface area contributed by atoms with E-state index in [0.717, 1.165) is 32.6 Å². The summed E-state index contributed by atoms with van der Waals surface area (Å²) >= 11 is 0. The fraction of sp³-hybridized carbons (Fsp3) is 0.857. The van der Waals surface area contributed by atoms with Gasteiger partial charge in [0.2, 0.25) is 0 Å². The first kappa shape index (κ1) is 13.1. The predicted octanol–water partition coefficient (Wildman–Crippen LogP) is 1.19. The van der Waals surface area contributed by atoms with Crippen molar-refractivity contribution in [1.29, 1.82) is 0 Å². The van der Waals surface area contributed by atoms with Gasteiger partial charge in [0, 0.05) is 25.6 Å². The predicted molar refractivity (Wildman–Crippen MR) is 74.9 cm³/mol. The van der Waals surface area contributed by atoms with Crippen LogP contribution in [0.2, 0.25) is 0 Å². The molecule has 0 saturated carbocycles. The molecule has 1 unspecified atom stereocenters. The van der Waals surface area contributed by atoms with E-state index in [-0.39, 0.29) is 0 Å². The largest absolute Gasteiger partial charge is 0.314 e. The maximum Gasteiger partial charge on any atom is 0.147 e. The number of hydrogen-bond acceptors (Lipinski definition) is 4. The summed E-state index contributed by atoms with van der Waals surface area (Å²) in [5, 5.41) is 12.3. The lowest BCUT2D eigenvalue weighted by Gasteiger charge is -2.32. The molecule has 1 aromatic heterocycles. The first-order valence-electron chi connectivity index (χ1n) is 7.73. The average molecular weight is 263 g/mol. The molecule has 1 N–H and O–H groups in total. The van der Waals surface area contributed by atoms with Gasteiger partial charge in [0.05, 0.1) is 6.54 Å². The molecule has 1 saturated heterocycles. The number of aryl methyl sites for hydroxylation is 1. The molecular weight excluding hydrogens is 238 g/mol. The van der Waals surface area contributed by atoms with Gasteiger partial charge >= 0.3 is 0 Å². The Hall–Kier alpha value is -0.940. The maximum absolute atomic E-state index is 4.41. The number of likely N-dealkylation sites (tertiary alicyclic amines) is 1. The molecule has 3 rings (SSSR count). The second kappa shape index (κ2) is 6.01. The fourth-order valence-electron chi connectivity index (χ4n) is 3.34. The van der Waals surface area contributed by atoms with E-state index in [4.69, 9.17) is 0 Å². The second-order valence-corrected chi connectivity index (χ2v) is 5.77. The molecule has 5 heteroatoms. The minimum Gasteiger partial charge on any atom is -0.314 e. The number of likely N-dealkylation sites (N-methyl/N-ethyl adjacent to an activating group) is 1. The van der Waals surface area contributed by atoms with Crippen molar-refractivity contribution >= 4 is 0 Å². The minimum absolute atomic E-state index is 0.655. The van der Waals surface area contributed by atoms with E-state index in [1.165, 1.54) is 43.9 Å². The Kier molecular flexibility index (Phi) is 4.13. The molecule has 1 aromatic rings. The van der Waals surface area contributed by atoms with Crippen molar-refractivity contribution in [2.45, 2.75) is 58.2 Å². The summed E-state index contributed by atoms with van der Waals surface area (Å²) in [4.78, 5) is 2.53. The van der Waals surface area contributed by atoms with E-state index < -0.39 is 0 Å². The summed E-state index contributed by atoms with van der Waals surface area (Å²) < 4.78 is 2.35. The van der Waals surface area contributed by atoms with Crippen LogP contribution >= 0.6 is 0 Å². The molecule has 0 radical (unpaired) electrons. The topological polar surface area (TPSA) is 46.0 Å². The first-order chi connectivity index (χ1) is 9.36. The summed E-state index contributed by atoms with van der Waals surface area (Å²) in [7, 11) is 0. The number of piperidine rings is 1. The molecule has 1 atom stereocenters. The van der Waals surface area contributed by atoms with Crippen LogP contribution in [0.25, 0.3) is 0 Å². The summed E-state index contributed by atoms with van der Waals surface area (Å²) in [6.45, 7) is 7.68. The molecule has 0 aromatic carbocycles. The van der Waals surface area contributed by atoms with Crippen molar-refractivity contribution in [3.63, 3.8) is 0 Å². The third-order valence-electron chi connectivity index (χ3n) is 4.30. The van der Waals surface area contributed by atoms with Gasteiger partial charge in [-0.15, -0.1) is 10.2 Å². The quantitative estimate of drug-likeness (QED) is 0.886. The zero-order valence-electron chi connectivity index (χ0n) is 11.9. The Bertz CT molecular complexity index is 412. The zero-order valence-corrected chi connectivity index (χ0v) is 11.9. The van der Waals surface area contributed by atoms with E-state index in [1.54, 1.807) is 0 Å². The van der Waals surface area contributed by atoms with Crippen LogP contribution in [0, 0.1) is 0 Å². The molecule has 0 amide bonds. The fourth-order valence-corrected chi connectivity index (χ4v) is 3.34. The van der Waals surface area contributed by atoms with E-state index in [1.807, 2.05) is 0 Å². The number of fused-ring (bicyclic) bond motifs is 1. The van der Waals surface area contributed by atoms with Gasteiger partial charge in [0.25, 0.3) is 0 Å². The Morgan fingerprint density at radius 3 is 3.05 bits per heavy atom. The van der Waals surface area contributed by atoms with E-state index >= 15 is 0 Å². The van der Waals surface area contributed by atoms with Crippen LogP contribution in [0.15, 0.2) is 0 Å². The third kappa shape index (κ3) is 2.98. The Morgan fingerprint density at radius 1 is 1.21 bits per heavy atom. The van der Waals surface area contributed by atoms with Crippen LogP contribution in [-0.4, -0.2) is 45.3 Å². The van der Waals surface area contributed by atoms with Gasteiger partial charge in [-0.2, -0.15) is 0 Å². The molecule has 0 bridgehead atoms. The lowest BCUT2D eigenvalue weighted by Crippen LogP contribution is -2.45. The van der Waals surface area contributed by atoms with Crippen molar-refractivity contribution in [2.75, 3.05) is 19.6 Å². The van der Waals surface area contributed by atoms with Crippen molar-refractivity contribution in [1.82, 2.24) is 25.0 Å². The summed E-state index contributed by atoms with van der Waals surface area (Å²) in [5.41, 5.74) is 0. The molecule has 19 heavy (non-hydrogen) atoms. The number of nitrogens with one attached hydrogen (secondary N) is 1. The van der Waals surface area contributed by atoms with Gasteiger partial charge in [-0.3, -0.25) is 4.90 Å². The Labute approximate surface area is 115 Å².